The number of rotatable bonds is 1. The Labute approximate surface area is 164 Å². The van der Waals surface area contributed by atoms with Crippen LogP contribution in [0, 0.1) is 5.41 Å². The van der Waals surface area contributed by atoms with Crippen LogP contribution in [0.3, 0.4) is 0 Å². The molecule has 28 heavy (non-hydrogen) atoms. The van der Waals surface area contributed by atoms with Crippen LogP contribution in [0.1, 0.15) is 36.3 Å². The Bertz CT molecular complexity index is 1250. The lowest BCUT2D eigenvalue weighted by atomic mass is 9.73. The van der Waals surface area contributed by atoms with Crippen LogP contribution in [0.2, 0.25) is 0 Å². The fraction of sp³-hybridized carbons (Fsp3) is 0.200. The van der Waals surface area contributed by atoms with E-state index in [1.54, 1.807) is 0 Å². The van der Waals surface area contributed by atoms with Gasteiger partial charge in [0.15, 0.2) is 5.78 Å². The smallest absolute Gasteiger partial charge is 0.165 e. The van der Waals surface area contributed by atoms with E-state index in [9.17, 15) is 4.79 Å². The third kappa shape index (κ3) is 2.58. The summed E-state index contributed by atoms with van der Waals surface area (Å²) in [7, 11) is 0. The Kier molecular flexibility index (Phi) is 3.57. The van der Waals surface area contributed by atoms with Crippen molar-refractivity contribution < 1.29 is 4.79 Å². The molecule has 0 bridgehead atoms. The van der Waals surface area contributed by atoms with Crippen LogP contribution in [-0.4, -0.2) is 10.8 Å². The third-order valence-corrected chi connectivity index (χ3v) is 5.72. The van der Waals surface area contributed by atoms with E-state index < -0.39 is 0 Å². The average Bonchev–Trinajstić information content (AvgIpc) is 2.66. The number of aromatic nitrogens is 1. The second-order valence-corrected chi connectivity index (χ2v) is 8.55. The molecule has 1 aliphatic carbocycles. The van der Waals surface area contributed by atoms with Crippen LogP contribution in [0.25, 0.3) is 32.8 Å². The van der Waals surface area contributed by atoms with Crippen molar-refractivity contribution in [2.45, 2.75) is 26.7 Å². The van der Waals surface area contributed by atoms with E-state index in [-0.39, 0.29) is 11.2 Å². The Balaban J connectivity index is 1.95. The predicted molar refractivity (Wildman–Crippen MR) is 116 cm³/mol. The molecule has 0 aliphatic heterocycles. The second-order valence-electron chi connectivity index (χ2n) is 8.55. The van der Waals surface area contributed by atoms with Crippen molar-refractivity contribution in [3.8, 4) is 11.1 Å². The molecule has 0 saturated heterocycles. The number of benzene rings is 3. The summed E-state index contributed by atoms with van der Waals surface area (Å²) in [6.45, 7) is 4.29. The number of carbonyl (C=O) groups is 1. The number of pyridine rings is 1. The van der Waals surface area contributed by atoms with Gasteiger partial charge in [-0.15, -0.1) is 0 Å². The van der Waals surface area contributed by atoms with Crippen molar-refractivity contribution in [3.05, 3.63) is 71.9 Å². The van der Waals surface area contributed by atoms with Gasteiger partial charge in [-0.1, -0.05) is 62.4 Å². The number of ketones is 1. The zero-order valence-electron chi connectivity index (χ0n) is 16.1. The Morgan fingerprint density at radius 1 is 0.857 bits per heavy atom. The Hall–Kier alpha value is -3.20. The number of nitrogens with zero attached hydrogens (tertiary/aromatic N) is 1. The van der Waals surface area contributed by atoms with E-state index in [1.807, 2.05) is 36.4 Å². The minimum absolute atomic E-state index is 0.0757. The predicted octanol–water partition coefficient (Wildman–Crippen LogP) is 5.79. The number of anilines is 1. The fourth-order valence-corrected chi connectivity index (χ4v) is 4.46. The number of carbonyl (C=O) groups excluding carboxylic acids is 1. The summed E-state index contributed by atoms with van der Waals surface area (Å²) in [5.74, 6) is 0.181. The standard InChI is InChI=1S/C25H22N2O/c1-25(2)13-20-23(21(28)14-25)22(16-7-10-17(26)11-8-16)19-12-9-15-5-3-4-6-18(15)24(19)27-20/h3-12H,13-14,26H2,1-2H3. The first-order valence-electron chi connectivity index (χ1n) is 9.66. The summed E-state index contributed by atoms with van der Waals surface area (Å²) < 4.78 is 0. The summed E-state index contributed by atoms with van der Waals surface area (Å²) >= 11 is 0. The van der Waals surface area contributed by atoms with Crippen molar-refractivity contribution in [3.63, 3.8) is 0 Å². The maximum absolute atomic E-state index is 13.2. The molecule has 0 amide bonds. The van der Waals surface area contributed by atoms with Crippen LogP contribution in [-0.2, 0) is 6.42 Å². The molecule has 1 heterocycles. The van der Waals surface area contributed by atoms with Crippen LogP contribution < -0.4 is 5.73 Å². The molecule has 0 saturated carbocycles. The van der Waals surface area contributed by atoms with Crippen molar-refractivity contribution in [2.75, 3.05) is 5.73 Å². The number of fused-ring (bicyclic) bond motifs is 4. The monoisotopic (exact) mass is 366 g/mol. The Morgan fingerprint density at radius 2 is 1.61 bits per heavy atom. The zero-order valence-corrected chi connectivity index (χ0v) is 16.1. The third-order valence-electron chi connectivity index (χ3n) is 5.72. The number of Topliss-reactive ketones (excluding diaryl/α,β-unsaturated/α-hetero) is 1. The molecule has 5 rings (SSSR count). The van der Waals surface area contributed by atoms with Gasteiger partial charge in [0, 0.05) is 34.0 Å². The van der Waals surface area contributed by atoms with Gasteiger partial charge in [-0.3, -0.25) is 9.78 Å². The normalized spacial score (nSPS) is 15.7. The van der Waals surface area contributed by atoms with Crippen molar-refractivity contribution >= 4 is 33.1 Å². The van der Waals surface area contributed by atoms with E-state index in [0.717, 1.165) is 50.5 Å². The van der Waals surface area contributed by atoms with Gasteiger partial charge in [0.2, 0.25) is 0 Å². The quantitative estimate of drug-likeness (QED) is 0.342. The number of hydrogen-bond donors (Lipinski definition) is 1. The van der Waals surface area contributed by atoms with E-state index in [2.05, 4.69) is 38.1 Å². The van der Waals surface area contributed by atoms with E-state index >= 15 is 0 Å². The van der Waals surface area contributed by atoms with E-state index in [0.29, 0.717) is 12.1 Å². The maximum atomic E-state index is 13.2. The molecule has 3 aromatic carbocycles. The summed E-state index contributed by atoms with van der Waals surface area (Å²) in [5, 5.41) is 3.30. The molecule has 4 aromatic rings. The second kappa shape index (κ2) is 5.90. The molecule has 1 aliphatic rings. The molecule has 138 valence electrons. The molecule has 0 fully saturated rings. The van der Waals surface area contributed by atoms with Gasteiger partial charge >= 0.3 is 0 Å². The molecule has 3 heteroatoms. The average molecular weight is 366 g/mol. The van der Waals surface area contributed by atoms with E-state index in [4.69, 9.17) is 10.7 Å². The maximum Gasteiger partial charge on any atom is 0.165 e. The van der Waals surface area contributed by atoms with Crippen LogP contribution >= 0.6 is 0 Å². The van der Waals surface area contributed by atoms with Crippen LogP contribution in [0.5, 0.6) is 0 Å². The number of nitrogens with two attached hydrogens (primary N) is 1. The van der Waals surface area contributed by atoms with Crippen molar-refractivity contribution in [2.24, 2.45) is 5.41 Å². The highest BCUT2D eigenvalue weighted by atomic mass is 16.1. The van der Waals surface area contributed by atoms with E-state index in [1.165, 1.54) is 0 Å². The minimum Gasteiger partial charge on any atom is -0.399 e. The van der Waals surface area contributed by atoms with Gasteiger partial charge in [0.25, 0.3) is 0 Å². The van der Waals surface area contributed by atoms with Gasteiger partial charge in [-0.05, 0) is 34.9 Å². The summed E-state index contributed by atoms with van der Waals surface area (Å²) in [6.07, 6.45) is 1.35. The van der Waals surface area contributed by atoms with Gasteiger partial charge in [0.05, 0.1) is 11.2 Å². The lowest BCUT2D eigenvalue weighted by Gasteiger charge is -2.31. The minimum atomic E-state index is -0.0757. The SMILES string of the molecule is CC1(C)CC(=O)c2c(nc3c(ccc4ccccc43)c2-c2ccc(N)cc2)C1. The highest BCUT2D eigenvalue weighted by molar-refractivity contribution is 6.16. The molecule has 0 spiro atoms. The lowest BCUT2D eigenvalue weighted by molar-refractivity contribution is 0.0911. The molecule has 1 aromatic heterocycles. The number of nitrogen functional groups attached to an aromatic ring is 1. The van der Waals surface area contributed by atoms with Crippen LogP contribution in [0.4, 0.5) is 5.69 Å². The fourth-order valence-electron chi connectivity index (χ4n) is 4.46. The lowest BCUT2D eigenvalue weighted by Crippen LogP contribution is -2.28. The molecule has 0 unspecified atom stereocenters. The first kappa shape index (κ1) is 16.9. The van der Waals surface area contributed by atoms with Gasteiger partial charge in [0.1, 0.15) is 0 Å². The summed E-state index contributed by atoms with van der Waals surface area (Å²) in [5.41, 5.74) is 11.2. The highest BCUT2D eigenvalue weighted by Crippen LogP contribution is 2.42. The molecule has 0 atom stereocenters. The van der Waals surface area contributed by atoms with Crippen LogP contribution in [0.15, 0.2) is 60.7 Å². The van der Waals surface area contributed by atoms with Gasteiger partial charge < -0.3 is 5.73 Å². The largest absolute Gasteiger partial charge is 0.399 e. The molecular formula is C25H22N2O. The summed E-state index contributed by atoms with van der Waals surface area (Å²) in [4.78, 5) is 18.3. The van der Waals surface area contributed by atoms with Gasteiger partial charge in [-0.25, -0.2) is 0 Å². The number of hydrogen-bond acceptors (Lipinski definition) is 3. The molecule has 0 radical (unpaired) electrons. The van der Waals surface area contributed by atoms with Crippen molar-refractivity contribution in [1.82, 2.24) is 4.98 Å². The molecule has 3 nitrogen and oxygen atoms in total. The highest BCUT2D eigenvalue weighted by Gasteiger charge is 2.35. The van der Waals surface area contributed by atoms with Crippen molar-refractivity contribution in [1.29, 1.82) is 0 Å². The summed E-state index contributed by atoms with van der Waals surface area (Å²) in [6, 6.07) is 20.3. The molecular weight excluding hydrogens is 344 g/mol. The molecule has 2 N–H and O–H groups in total. The topological polar surface area (TPSA) is 56.0 Å². The first-order valence-corrected chi connectivity index (χ1v) is 9.66. The first-order chi connectivity index (χ1) is 13.4. The Morgan fingerprint density at radius 3 is 2.39 bits per heavy atom. The van der Waals surface area contributed by atoms with Gasteiger partial charge in [-0.2, -0.15) is 0 Å². The zero-order chi connectivity index (χ0) is 19.5.